The largest absolute Gasteiger partial charge is 0.383 e. The molecule has 34 heavy (non-hydrogen) atoms. The topological polar surface area (TPSA) is 61.9 Å². The van der Waals surface area contributed by atoms with E-state index >= 15 is 0 Å². The number of imide groups is 1. The molecule has 2 aliphatic heterocycles. The van der Waals surface area contributed by atoms with Gasteiger partial charge in [0.1, 0.15) is 11.4 Å². The predicted molar refractivity (Wildman–Crippen MR) is 127 cm³/mol. The molecule has 0 saturated carbocycles. The van der Waals surface area contributed by atoms with Gasteiger partial charge in [-0.05, 0) is 73.5 Å². The number of carbonyl (C=O) groups excluding carboxylic acids is 2. The number of rotatable bonds is 7. The molecule has 1 N–H and O–H groups in total. The number of hydrogen-bond acceptors (Lipinski definition) is 4. The van der Waals surface area contributed by atoms with Crippen LogP contribution in [0.5, 0.6) is 0 Å². The van der Waals surface area contributed by atoms with Gasteiger partial charge in [-0.3, -0.25) is 14.6 Å². The van der Waals surface area contributed by atoms with Gasteiger partial charge in [0.25, 0.3) is 5.91 Å². The van der Waals surface area contributed by atoms with Crippen molar-refractivity contribution in [2.45, 2.75) is 43.7 Å². The molecule has 1 aliphatic carbocycles. The Morgan fingerprint density at radius 2 is 1.68 bits per heavy atom. The number of amides is 3. The Labute approximate surface area is 200 Å². The maximum absolute atomic E-state index is 13.7. The second-order valence-electron chi connectivity index (χ2n) is 9.80. The summed E-state index contributed by atoms with van der Waals surface area (Å²) in [4.78, 5) is 30.4. The van der Waals surface area contributed by atoms with E-state index in [9.17, 15) is 14.0 Å². The molecule has 0 aromatic heterocycles. The maximum atomic E-state index is 13.7. The van der Waals surface area contributed by atoms with E-state index in [-0.39, 0.29) is 30.2 Å². The number of fused-ring (bicyclic) bond motifs is 1. The highest BCUT2D eigenvalue weighted by molar-refractivity contribution is 6.07. The summed E-state index contributed by atoms with van der Waals surface area (Å²) in [5.41, 5.74) is 2.72. The quantitative estimate of drug-likeness (QED) is 0.638. The number of urea groups is 1. The zero-order chi connectivity index (χ0) is 23.7. The van der Waals surface area contributed by atoms with Gasteiger partial charge in [-0.2, -0.15) is 0 Å². The van der Waals surface area contributed by atoms with Crippen molar-refractivity contribution in [2.24, 2.45) is 5.92 Å². The molecule has 7 heteroatoms. The molecule has 0 bridgehead atoms. The van der Waals surface area contributed by atoms with Crippen molar-refractivity contribution in [1.82, 2.24) is 15.1 Å². The lowest BCUT2D eigenvalue weighted by Gasteiger charge is -2.42. The summed E-state index contributed by atoms with van der Waals surface area (Å²) in [6, 6.07) is 15.0. The van der Waals surface area contributed by atoms with Crippen molar-refractivity contribution in [3.05, 3.63) is 71.0 Å². The lowest BCUT2D eigenvalue weighted by atomic mass is 9.73. The molecule has 3 amide bonds. The summed E-state index contributed by atoms with van der Waals surface area (Å²) in [5.74, 6) is -0.487. The van der Waals surface area contributed by atoms with Crippen LogP contribution in [-0.4, -0.2) is 66.7 Å². The zero-order valence-electron chi connectivity index (χ0n) is 19.6. The van der Waals surface area contributed by atoms with Crippen molar-refractivity contribution in [3.8, 4) is 0 Å². The van der Waals surface area contributed by atoms with E-state index in [1.54, 1.807) is 19.2 Å². The summed E-state index contributed by atoms with van der Waals surface area (Å²) in [6.07, 6.45) is 4.17. The fourth-order valence-corrected chi connectivity index (χ4v) is 6.05. The average Bonchev–Trinajstić information content (AvgIpc) is 3.39. The van der Waals surface area contributed by atoms with Gasteiger partial charge in [0.2, 0.25) is 0 Å². The number of hydrogen-bond donors (Lipinski definition) is 1. The zero-order valence-corrected chi connectivity index (χ0v) is 19.6. The minimum atomic E-state index is -1.01. The summed E-state index contributed by atoms with van der Waals surface area (Å²) >= 11 is 0. The summed E-state index contributed by atoms with van der Waals surface area (Å²) in [6.45, 7) is 2.32. The van der Waals surface area contributed by atoms with Crippen molar-refractivity contribution in [3.63, 3.8) is 0 Å². The first-order valence-corrected chi connectivity index (χ1v) is 12.2. The van der Waals surface area contributed by atoms with Crippen LogP contribution in [0.4, 0.5) is 9.18 Å². The van der Waals surface area contributed by atoms with Gasteiger partial charge < -0.3 is 10.1 Å². The van der Waals surface area contributed by atoms with E-state index in [4.69, 9.17) is 4.74 Å². The molecule has 6 nitrogen and oxygen atoms in total. The van der Waals surface area contributed by atoms with Crippen LogP contribution in [0.1, 0.15) is 29.5 Å². The van der Waals surface area contributed by atoms with Gasteiger partial charge in [0.05, 0.1) is 13.2 Å². The van der Waals surface area contributed by atoms with E-state index in [2.05, 4.69) is 34.5 Å². The number of nitrogens with one attached hydrogen (secondary N) is 1. The molecule has 180 valence electrons. The summed E-state index contributed by atoms with van der Waals surface area (Å²) in [7, 11) is 1.56. The van der Waals surface area contributed by atoms with Crippen LogP contribution in [0.15, 0.2) is 48.5 Å². The average molecular weight is 466 g/mol. The van der Waals surface area contributed by atoms with Gasteiger partial charge >= 0.3 is 6.03 Å². The number of methoxy groups -OCH3 is 1. The maximum Gasteiger partial charge on any atom is 0.325 e. The number of nitrogens with zero attached hydrogens (tertiary/aromatic N) is 2. The molecule has 0 radical (unpaired) electrons. The van der Waals surface area contributed by atoms with Gasteiger partial charge in [-0.1, -0.05) is 36.4 Å². The third kappa shape index (κ3) is 4.23. The Morgan fingerprint density at radius 1 is 1.03 bits per heavy atom. The first-order chi connectivity index (χ1) is 16.5. The van der Waals surface area contributed by atoms with Crippen LogP contribution in [-0.2, 0) is 28.8 Å². The molecular weight excluding hydrogens is 433 g/mol. The van der Waals surface area contributed by atoms with Crippen LogP contribution in [0.2, 0.25) is 0 Å². The lowest BCUT2D eigenvalue weighted by Crippen LogP contribution is -2.58. The van der Waals surface area contributed by atoms with E-state index in [1.165, 1.54) is 28.2 Å². The number of piperidine rings is 1. The highest BCUT2D eigenvalue weighted by Gasteiger charge is 2.56. The third-order valence-corrected chi connectivity index (χ3v) is 7.89. The molecule has 2 fully saturated rings. The van der Waals surface area contributed by atoms with Crippen LogP contribution in [0.3, 0.4) is 0 Å². The number of benzene rings is 2. The second kappa shape index (κ2) is 9.47. The van der Waals surface area contributed by atoms with Crippen molar-refractivity contribution >= 4 is 11.9 Å². The molecule has 3 aliphatic rings. The van der Waals surface area contributed by atoms with Crippen molar-refractivity contribution < 1.29 is 18.7 Å². The number of likely N-dealkylation sites (tertiary alicyclic amines) is 1. The molecule has 2 saturated heterocycles. The first kappa shape index (κ1) is 23.0. The van der Waals surface area contributed by atoms with Crippen LogP contribution in [0, 0.1) is 11.7 Å². The number of ether oxygens (including phenoxy) is 1. The molecular formula is C27H32FN3O3. The van der Waals surface area contributed by atoms with Gasteiger partial charge in [-0.15, -0.1) is 0 Å². The Kier molecular flexibility index (Phi) is 6.40. The summed E-state index contributed by atoms with van der Waals surface area (Å²) < 4.78 is 18.6. The highest BCUT2D eigenvalue weighted by atomic mass is 19.1. The molecule has 2 aromatic rings. The monoisotopic (exact) mass is 465 g/mol. The van der Waals surface area contributed by atoms with Gasteiger partial charge in [0.15, 0.2) is 0 Å². The van der Waals surface area contributed by atoms with Crippen molar-refractivity contribution in [1.29, 1.82) is 0 Å². The molecule has 2 aromatic carbocycles. The van der Waals surface area contributed by atoms with Gasteiger partial charge in [0, 0.05) is 19.6 Å². The van der Waals surface area contributed by atoms with Crippen LogP contribution in [0.25, 0.3) is 0 Å². The second-order valence-corrected chi connectivity index (χ2v) is 9.80. The smallest absolute Gasteiger partial charge is 0.325 e. The molecule has 2 heterocycles. The number of carbonyl (C=O) groups is 2. The fraction of sp³-hybridized carbons (Fsp3) is 0.481. The number of halogens is 1. The third-order valence-electron chi connectivity index (χ3n) is 7.89. The van der Waals surface area contributed by atoms with E-state index < -0.39 is 5.54 Å². The lowest BCUT2D eigenvalue weighted by molar-refractivity contribution is -0.134. The molecule has 0 spiro atoms. The minimum Gasteiger partial charge on any atom is -0.383 e. The van der Waals surface area contributed by atoms with Crippen molar-refractivity contribution in [2.75, 3.05) is 33.4 Å². The van der Waals surface area contributed by atoms with E-state index in [1.807, 2.05) is 0 Å². The predicted octanol–water partition coefficient (Wildman–Crippen LogP) is 3.18. The first-order valence-electron chi connectivity index (χ1n) is 12.2. The van der Waals surface area contributed by atoms with Crippen LogP contribution >= 0.6 is 0 Å². The van der Waals surface area contributed by atoms with E-state index in [0.29, 0.717) is 19.1 Å². The van der Waals surface area contributed by atoms with Gasteiger partial charge in [-0.25, -0.2) is 9.18 Å². The van der Waals surface area contributed by atoms with Crippen LogP contribution < -0.4 is 5.32 Å². The molecule has 1 atom stereocenters. The Morgan fingerprint density at radius 3 is 2.29 bits per heavy atom. The fourth-order valence-electron chi connectivity index (χ4n) is 6.05. The Hall–Kier alpha value is -2.77. The molecule has 0 unspecified atom stereocenters. The summed E-state index contributed by atoms with van der Waals surface area (Å²) in [5, 5.41) is 3.08. The molecule has 5 rings (SSSR count). The highest BCUT2D eigenvalue weighted by Crippen LogP contribution is 2.38. The Bertz CT molecular complexity index is 1030. The Balaban J connectivity index is 1.33. The van der Waals surface area contributed by atoms with E-state index in [0.717, 1.165) is 44.3 Å². The normalized spacial score (nSPS) is 24.0. The minimum absolute atomic E-state index is 0.0153. The SMILES string of the molecule is COCCN1C(=O)N[C@@](Cc2ccc(F)cc2)(C2CCN(C3Cc4ccccc4C3)CC2)C1=O. The standard InChI is InChI=1S/C27H32FN3O3/c1-34-15-14-31-25(32)27(29-26(31)33,18-19-6-8-23(28)9-7-19)22-10-12-30(13-11-22)24-16-20-4-2-3-5-21(20)17-24/h2-9,22,24H,10-18H2,1H3,(H,29,33)/t27-/m0/s1.